The summed E-state index contributed by atoms with van der Waals surface area (Å²) in [4.78, 5) is 2.23. The number of primary sulfonamides is 1. The van der Waals surface area contributed by atoms with Crippen molar-refractivity contribution < 1.29 is 13.5 Å². The molecule has 0 bridgehead atoms. The smallest absolute Gasteiger partial charge is 0.238 e. The molecule has 1 saturated carbocycles. The Hall–Kier alpha value is -1.31. The first-order valence-electron chi connectivity index (χ1n) is 7.15. The molecule has 21 heavy (non-hydrogen) atoms. The number of aliphatic hydroxyl groups is 1. The van der Waals surface area contributed by atoms with Gasteiger partial charge in [0.2, 0.25) is 10.0 Å². The second-order valence-electron chi connectivity index (χ2n) is 5.56. The number of hydrogen-bond donors (Lipinski definition) is 3. The minimum absolute atomic E-state index is 0.0748. The molecule has 0 aliphatic heterocycles. The van der Waals surface area contributed by atoms with Gasteiger partial charge in [-0.3, -0.25) is 0 Å². The van der Waals surface area contributed by atoms with Crippen LogP contribution in [0.5, 0.6) is 0 Å². The van der Waals surface area contributed by atoms with E-state index in [1.165, 1.54) is 12.5 Å². The lowest BCUT2D eigenvalue weighted by molar-refractivity contribution is 0.283. The molecule has 5 N–H and O–H groups in total. The highest BCUT2D eigenvalue weighted by Gasteiger charge is 2.27. The molecule has 118 valence electrons. The maximum Gasteiger partial charge on any atom is 0.238 e. The number of nitrogens with zero attached hydrogens (tertiary/aromatic N) is 1. The molecule has 0 spiro atoms. The minimum Gasteiger partial charge on any atom is -0.399 e. The molecule has 0 radical (unpaired) electrons. The van der Waals surface area contributed by atoms with Crippen LogP contribution in [0.3, 0.4) is 0 Å². The molecule has 2 rings (SSSR count). The molecule has 1 fully saturated rings. The average Bonchev–Trinajstić information content (AvgIpc) is 2.33. The van der Waals surface area contributed by atoms with E-state index in [4.69, 9.17) is 16.0 Å². The Labute approximate surface area is 125 Å². The topological polar surface area (TPSA) is 110 Å². The predicted molar refractivity (Wildman–Crippen MR) is 83.7 cm³/mol. The van der Waals surface area contributed by atoms with Gasteiger partial charge in [-0.25, -0.2) is 13.6 Å². The van der Waals surface area contributed by atoms with Gasteiger partial charge in [0.15, 0.2) is 0 Å². The molecule has 0 heterocycles. The summed E-state index contributed by atoms with van der Waals surface area (Å²) in [6, 6.07) is 3.57. The van der Waals surface area contributed by atoms with Gasteiger partial charge in [-0.05, 0) is 50.3 Å². The van der Waals surface area contributed by atoms with Crippen LogP contribution < -0.4 is 15.8 Å². The zero-order valence-corrected chi connectivity index (χ0v) is 13.1. The van der Waals surface area contributed by atoms with Gasteiger partial charge >= 0.3 is 0 Å². The van der Waals surface area contributed by atoms with Gasteiger partial charge in [0.25, 0.3) is 0 Å². The second-order valence-corrected chi connectivity index (χ2v) is 7.09. The highest BCUT2D eigenvalue weighted by Crippen LogP contribution is 2.35. The SMILES string of the molecule is Cc1c(N(CCCO)C2CCC2)cc(N)cc1S(N)(=O)=O. The molecule has 1 aliphatic carbocycles. The number of rotatable bonds is 6. The van der Waals surface area contributed by atoms with Gasteiger partial charge in [0, 0.05) is 30.6 Å². The van der Waals surface area contributed by atoms with E-state index in [0.29, 0.717) is 30.3 Å². The van der Waals surface area contributed by atoms with Crippen LogP contribution in [0.2, 0.25) is 0 Å². The van der Waals surface area contributed by atoms with Gasteiger partial charge in [-0.1, -0.05) is 0 Å². The minimum atomic E-state index is -3.80. The van der Waals surface area contributed by atoms with Crippen LogP contribution in [-0.2, 0) is 10.0 Å². The Morgan fingerprint density at radius 2 is 2.05 bits per heavy atom. The number of benzene rings is 1. The summed E-state index contributed by atoms with van der Waals surface area (Å²) in [7, 11) is -3.80. The van der Waals surface area contributed by atoms with Crippen LogP contribution in [0.25, 0.3) is 0 Å². The number of hydrogen-bond acceptors (Lipinski definition) is 5. The van der Waals surface area contributed by atoms with E-state index in [1.807, 2.05) is 0 Å². The second kappa shape index (κ2) is 6.21. The van der Waals surface area contributed by atoms with Crippen molar-refractivity contribution in [2.75, 3.05) is 23.8 Å². The van der Waals surface area contributed by atoms with E-state index in [0.717, 1.165) is 18.5 Å². The molecular weight excluding hydrogens is 290 g/mol. The summed E-state index contributed by atoms with van der Waals surface area (Å²) in [5.74, 6) is 0. The Bertz CT molecular complexity index is 612. The number of nitrogens with two attached hydrogens (primary N) is 2. The number of sulfonamides is 1. The normalized spacial score (nSPS) is 15.8. The van der Waals surface area contributed by atoms with E-state index < -0.39 is 10.0 Å². The van der Waals surface area contributed by atoms with Crippen LogP contribution >= 0.6 is 0 Å². The summed E-state index contributed by atoms with van der Waals surface area (Å²) >= 11 is 0. The maximum absolute atomic E-state index is 11.7. The lowest BCUT2D eigenvalue weighted by Crippen LogP contribution is -2.41. The van der Waals surface area contributed by atoms with Crippen molar-refractivity contribution in [2.45, 2.75) is 43.5 Å². The molecular formula is C14H23N3O3S. The molecule has 1 aromatic carbocycles. The van der Waals surface area contributed by atoms with Crippen LogP contribution in [0.15, 0.2) is 17.0 Å². The quantitative estimate of drug-likeness (QED) is 0.678. The standard InChI is InChI=1S/C14H23N3O3S/c1-10-13(8-11(15)9-14(10)21(16,19)20)17(6-3-7-18)12-4-2-5-12/h8-9,12,18H,2-7,15H2,1H3,(H2,16,19,20). The fourth-order valence-electron chi connectivity index (χ4n) is 2.73. The molecule has 6 nitrogen and oxygen atoms in total. The molecule has 7 heteroatoms. The molecule has 1 aliphatic rings. The van der Waals surface area contributed by atoms with Crippen molar-refractivity contribution in [1.29, 1.82) is 0 Å². The Balaban J connectivity index is 2.46. The van der Waals surface area contributed by atoms with Gasteiger partial charge in [-0.15, -0.1) is 0 Å². The van der Waals surface area contributed by atoms with E-state index in [-0.39, 0.29) is 11.5 Å². The third-order valence-electron chi connectivity index (χ3n) is 4.04. The van der Waals surface area contributed by atoms with Gasteiger partial charge in [0.05, 0.1) is 4.90 Å². The molecule has 0 unspecified atom stereocenters. The molecule has 0 saturated heterocycles. The maximum atomic E-state index is 11.7. The van der Waals surface area contributed by atoms with Crippen molar-refractivity contribution in [3.8, 4) is 0 Å². The van der Waals surface area contributed by atoms with E-state index in [2.05, 4.69) is 4.90 Å². The van der Waals surface area contributed by atoms with E-state index in [9.17, 15) is 8.42 Å². The van der Waals surface area contributed by atoms with Crippen molar-refractivity contribution >= 4 is 21.4 Å². The molecule has 1 aromatic rings. The summed E-state index contributed by atoms with van der Waals surface area (Å²) in [6.07, 6.45) is 3.95. The van der Waals surface area contributed by atoms with Crippen molar-refractivity contribution in [3.05, 3.63) is 17.7 Å². The largest absolute Gasteiger partial charge is 0.399 e. The fourth-order valence-corrected chi connectivity index (χ4v) is 3.56. The van der Waals surface area contributed by atoms with Crippen molar-refractivity contribution in [2.24, 2.45) is 5.14 Å². The Morgan fingerprint density at radius 1 is 1.38 bits per heavy atom. The fraction of sp³-hybridized carbons (Fsp3) is 0.571. The van der Waals surface area contributed by atoms with Gasteiger partial charge < -0.3 is 15.7 Å². The van der Waals surface area contributed by atoms with Gasteiger partial charge in [0.1, 0.15) is 0 Å². The lowest BCUT2D eigenvalue weighted by Gasteiger charge is -2.40. The number of nitrogen functional groups attached to an aromatic ring is 1. The molecule has 0 atom stereocenters. The summed E-state index contributed by atoms with van der Waals surface area (Å²) in [5, 5.41) is 14.4. The van der Waals surface area contributed by atoms with Crippen LogP contribution in [-0.4, -0.2) is 32.7 Å². The third-order valence-corrected chi connectivity index (χ3v) is 5.08. The first-order valence-corrected chi connectivity index (χ1v) is 8.69. The highest BCUT2D eigenvalue weighted by molar-refractivity contribution is 7.89. The zero-order chi connectivity index (χ0) is 15.6. The van der Waals surface area contributed by atoms with Crippen molar-refractivity contribution in [3.63, 3.8) is 0 Å². The first-order chi connectivity index (χ1) is 9.84. The zero-order valence-electron chi connectivity index (χ0n) is 12.2. The first kappa shape index (κ1) is 16.1. The summed E-state index contributed by atoms with van der Waals surface area (Å²) in [6.45, 7) is 2.53. The number of aliphatic hydroxyl groups excluding tert-OH is 1. The monoisotopic (exact) mass is 313 g/mol. The van der Waals surface area contributed by atoms with Crippen molar-refractivity contribution in [1.82, 2.24) is 0 Å². The third kappa shape index (κ3) is 3.48. The van der Waals surface area contributed by atoms with E-state index >= 15 is 0 Å². The average molecular weight is 313 g/mol. The molecule has 0 aromatic heterocycles. The Morgan fingerprint density at radius 3 is 2.52 bits per heavy atom. The highest BCUT2D eigenvalue weighted by atomic mass is 32.2. The van der Waals surface area contributed by atoms with Crippen LogP contribution in [0.1, 0.15) is 31.2 Å². The van der Waals surface area contributed by atoms with Crippen LogP contribution in [0, 0.1) is 6.92 Å². The molecule has 0 amide bonds. The van der Waals surface area contributed by atoms with Gasteiger partial charge in [-0.2, -0.15) is 0 Å². The Kier molecular flexibility index (Phi) is 4.75. The lowest BCUT2D eigenvalue weighted by atomic mass is 9.90. The predicted octanol–water partition coefficient (Wildman–Crippen LogP) is 0.966. The number of anilines is 2. The van der Waals surface area contributed by atoms with E-state index in [1.54, 1.807) is 13.0 Å². The summed E-state index contributed by atoms with van der Waals surface area (Å²) < 4.78 is 23.4. The summed E-state index contributed by atoms with van der Waals surface area (Å²) in [5.41, 5.74) is 7.66. The van der Waals surface area contributed by atoms with Crippen LogP contribution in [0.4, 0.5) is 11.4 Å².